The number of carbonyl (C=O) groups excluding carboxylic acids is 2. The van der Waals surface area contributed by atoms with Crippen LogP contribution in [0.1, 0.15) is 52.4 Å². The van der Waals surface area contributed by atoms with E-state index in [2.05, 4.69) is 5.32 Å². The van der Waals surface area contributed by atoms with Crippen LogP contribution in [0, 0.1) is 17.2 Å². The number of hydrogen-bond donors (Lipinski definition) is 1. The van der Waals surface area contributed by atoms with E-state index in [0.717, 1.165) is 12.8 Å². The molecule has 124 valence electrons. The zero-order chi connectivity index (χ0) is 16.4. The summed E-state index contributed by atoms with van der Waals surface area (Å²) in [6.07, 6.45) is 5.01. The lowest BCUT2D eigenvalue weighted by Crippen LogP contribution is -2.42. The summed E-state index contributed by atoms with van der Waals surface area (Å²) in [5, 5.41) is 11.1. The molecule has 0 unspecified atom stereocenters. The Morgan fingerprint density at radius 2 is 1.91 bits per heavy atom. The molecule has 0 spiro atoms. The first-order valence-corrected chi connectivity index (χ1v) is 8.22. The van der Waals surface area contributed by atoms with Gasteiger partial charge in [0.25, 0.3) is 5.91 Å². The Morgan fingerprint density at radius 1 is 1.27 bits per heavy atom. The van der Waals surface area contributed by atoms with Gasteiger partial charge in [-0.15, -0.1) is 0 Å². The topological polar surface area (TPSA) is 82.4 Å². The number of hydrogen-bond acceptors (Lipinski definition) is 4. The standard InChI is InChI=1S/C16H27N3O3/c1-3-19(4-2)16(21)22-14(15(20)18-11-10-17)12-13-8-6-5-7-9-13/h13-14H,3-9,11-12H2,1-2H3,(H,18,20)/t14-/m0/s1. The Bertz CT molecular complexity index is 396. The predicted octanol–water partition coefficient (Wildman–Crippen LogP) is 2.44. The highest BCUT2D eigenvalue weighted by Crippen LogP contribution is 2.28. The van der Waals surface area contributed by atoms with Gasteiger partial charge in [0, 0.05) is 13.1 Å². The monoisotopic (exact) mass is 309 g/mol. The number of nitriles is 1. The first-order chi connectivity index (χ1) is 10.6. The Balaban J connectivity index is 2.65. The molecule has 0 heterocycles. The van der Waals surface area contributed by atoms with Gasteiger partial charge in [-0.3, -0.25) is 4.79 Å². The van der Waals surface area contributed by atoms with Crippen molar-refractivity contribution >= 4 is 12.0 Å². The van der Waals surface area contributed by atoms with Crippen molar-refractivity contribution in [2.24, 2.45) is 5.92 Å². The van der Waals surface area contributed by atoms with Crippen molar-refractivity contribution in [1.82, 2.24) is 10.2 Å². The third-order valence-electron chi connectivity index (χ3n) is 4.17. The Labute approximate surface area is 132 Å². The van der Waals surface area contributed by atoms with Gasteiger partial charge < -0.3 is 15.0 Å². The second kappa shape index (κ2) is 10.0. The molecular weight excluding hydrogens is 282 g/mol. The second-order valence-corrected chi connectivity index (χ2v) is 5.66. The van der Waals surface area contributed by atoms with Crippen molar-refractivity contribution < 1.29 is 14.3 Å². The van der Waals surface area contributed by atoms with Crippen LogP contribution in [0.2, 0.25) is 0 Å². The first kappa shape index (κ1) is 18.3. The maximum Gasteiger partial charge on any atom is 0.410 e. The van der Waals surface area contributed by atoms with Crippen LogP contribution in [-0.4, -0.2) is 42.6 Å². The molecule has 22 heavy (non-hydrogen) atoms. The van der Waals surface area contributed by atoms with Gasteiger partial charge in [0.1, 0.15) is 6.54 Å². The maximum absolute atomic E-state index is 12.2. The van der Waals surface area contributed by atoms with Crippen LogP contribution in [0.5, 0.6) is 0 Å². The van der Waals surface area contributed by atoms with Crippen molar-refractivity contribution in [3.05, 3.63) is 0 Å². The third-order valence-corrected chi connectivity index (χ3v) is 4.17. The van der Waals surface area contributed by atoms with Gasteiger partial charge >= 0.3 is 6.09 Å². The van der Waals surface area contributed by atoms with E-state index < -0.39 is 12.2 Å². The van der Waals surface area contributed by atoms with Crippen LogP contribution in [-0.2, 0) is 9.53 Å². The average molecular weight is 309 g/mol. The molecule has 1 aliphatic carbocycles. The minimum absolute atomic E-state index is 0.0666. The molecule has 0 aliphatic heterocycles. The van der Waals surface area contributed by atoms with E-state index in [0.29, 0.717) is 25.4 Å². The van der Waals surface area contributed by atoms with E-state index in [1.54, 1.807) is 4.90 Å². The van der Waals surface area contributed by atoms with Crippen molar-refractivity contribution in [2.45, 2.75) is 58.5 Å². The number of nitrogens with one attached hydrogen (secondary N) is 1. The fourth-order valence-electron chi connectivity index (χ4n) is 2.85. The van der Waals surface area contributed by atoms with Crippen molar-refractivity contribution in [2.75, 3.05) is 19.6 Å². The highest BCUT2D eigenvalue weighted by molar-refractivity contribution is 5.83. The van der Waals surface area contributed by atoms with Gasteiger partial charge in [-0.25, -0.2) is 4.79 Å². The lowest BCUT2D eigenvalue weighted by Gasteiger charge is -2.27. The Morgan fingerprint density at radius 3 is 2.45 bits per heavy atom. The van der Waals surface area contributed by atoms with Crippen molar-refractivity contribution in [3.63, 3.8) is 0 Å². The summed E-state index contributed by atoms with van der Waals surface area (Å²) in [5.74, 6) is 0.0451. The Kier molecular flexibility index (Phi) is 8.34. The molecule has 2 amide bonds. The van der Waals surface area contributed by atoms with Gasteiger partial charge in [0.2, 0.25) is 0 Å². The van der Waals surface area contributed by atoms with Crippen LogP contribution < -0.4 is 5.32 Å². The van der Waals surface area contributed by atoms with Crippen LogP contribution in [0.3, 0.4) is 0 Å². The van der Waals surface area contributed by atoms with E-state index in [4.69, 9.17) is 10.00 Å². The van der Waals surface area contributed by atoms with Crippen LogP contribution in [0.4, 0.5) is 4.79 Å². The van der Waals surface area contributed by atoms with Gasteiger partial charge in [-0.1, -0.05) is 32.1 Å². The quantitative estimate of drug-likeness (QED) is 0.732. The molecule has 0 aromatic rings. The predicted molar refractivity (Wildman–Crippen MR) is 83.0 cm³/mol. The number of nitrogens with zero attached hydrogens (tertiary/aromatic N) is 2. The van der Waals surface area contributed by atoms with Crippen LogP contribution in [0.15, 0.2) is 0 Å². The molecule has 1 N–H and O–H groups in total. The zero-order valence-electron chi connectivity index (χ0n) is 13.6. The highest BCUT2D eigenvalue weighted by Gasteiger charge is 2.28. The molecule has 1 saturated carbocycles. The number of rotatable bonds is 7. The van der Waals surface area contributed by atoms with Crippen LogP contribution in [0.25, 0.3) is 0 Å². The molecule has 1 rings (SSSR count). The van der Waals surface area contributed by atoms with E-state index in [1.807, 2.05) is 19.9 Å². The molecule has 0 aromatic carbocycles. The first-order valence-electron chi connectivity index (χ1n) is 8.22. The fourth-order valence-corrected chi connectivity index (χ4v) is 2.85. The number of amides is 2. The molecule has 1 aliphatic rings. The molecule has 0 saturated heterocycles. The zero-order valence-corrected chi connectivity index (χ0v) is 13.6. The summed E-state index contributed by atoms with van der Waals surface area (Å²) in [7, 11) is 0. The highest BCUT2D eigenvalue weighted by atomic mass is 16.6. The molecule has 6 nitrogen and oxygen atoms in total. The lowest BCUT2D eigenvalue weighted by molar-refractivity contribution is -0.130. The Hall–Kier alpha value is -1.77. The summed E-state index contributed by atoms with van der Waals surface area (Å²) < 4.78 is 5.42. The summed E-state index contributed by atoms with van der Waals surface area (Å²) in [5.41, 5.74) is 0. The van der Waals surface area contributed by atoms with Gasteiger partial charge in [0.15, 0.2) is 6.10 Å². The van der Waals surface area contributed by atoms with E-state index in [1.165, 1.54) is 19.3 Å². The smallest absolute Gasteiger partial charge is 0.410 e. The van der Waals surface area contributed by atoms with Gasteiger partial charge in [0.05, 0.1) is 6.07 Å². The fraction of sp³-hybridized carbons (Fsp3) is 0.812. The normalized spacial score (nSPS) is 16.4. The van der Waals surface area contributed by atoms with Crippen LogP contribution >= 0.6 is 0 Å². The minimum Gasteiger partial charge on any atom is -0.436 e. The molecular formula is C16H27N3O3. The second-order valence-electron chi connectivity index (χ2n) is 5.66. The minimum atomic E-state index is -0.801. The van der Waals surface area contributed by atoms with E-state index in [9.17, 15) is 9.59 Å². The van der Waals surface area contributed by atoms with Gasteiger partial charge in [-0.2, -0.15) is 5.26 Å². The van der Waals surface area contributed by atoms with Crippen molar-refractivity contribution in [1.29, 1.82) is 5.26 Å². The summed E-state index contributed by atoms with van der Waals surface area (Å²) in [6, 6.07) is 1.87. The third kappa shape index (κ3) is 5.92. The molecule has 6 heteroatoms. The molecule has 0 radical (unpaired) electrons. The van der Waals surface area contributed by atoms with E-state index in [-0.39, 0.29) is 12.5 Å². The van der Waals surface area contributed by atoms with Gasteiger partial charge in [-0.05, 0) is 26.2 Å². The summed E-state index contributed by atoms with van der Waals surface area (Å²) in [6.45, 7) is 4.77. The summed E-state index contributed by atoms with van der Waals surface area (Å²) >= 11 is 0. The molecule has 0 bridgehead atoms. The molecule has 0 aromatic heterocycles. The summed E-state index contributed by atoms with van der Waals surface area (Å²) in [4.78, 5) is 25.8. The molecule has 1 fully saturated rings. The lowest BCUT2D eigenvalue weighted by atomic mass is 9.85. The largest absolute Gasteiger partial charge is 0.436 e. The SMILES string of the molecule is CCN(CC)C(=O)O[C@@H](CC1CCCCC1)C(=O)NCC#N. The van der Waals surface area contributed by atoms with E-state index >= 15 is 0 Å². The maximum atomic E-state index is 12.2. The number of ether oxygens (including phenoxy) is 1. The average Bonchev–Trinajstić information content (AvgIpc) is 2.54. The van der Waals surface area contributed by atoms with Crippen molar-refractivity contribution in [3.8, 4) is 6.07 Å². The number of carbonyl (C=O) groups is 2. The molecule has 1 atom stereocenters.